The van der Waals surface area contributed by atoms with Crippen LogP contribution in [0.1, 0.15) is 53.9 Å². The lowest BCUT2D eigenvalue weighted by atomic mass is 9.70. The molecular weight excluding hydrogens is 210 g/mol. The molecule has 0 radical (unpaired) electrons. The van der Waals surface area contributed by atoms with Gasteiger partial charge in [0.25, 0.3) is 0 Å². The zero-order valence-electron chi connectivity index (χ0n) is 12.5. The van der Waals surface area contributed by atoms with Crippen molar-refractivity contribution in [3.8, 4) is 0 Å². The van der Waals surface area contributed by atoms with Crippen molar-refractivity contribution in [2.75, 3.05) is 7.11 Å². The molecule has 17 heavy (non-hydrogen) atoms. The smallest absolute Gasteiger partial charge is 0.0772 e. The van der Waals surface area contributed by atoms with E-state index in [1.165, 1.54) is 19.3 Å². The quantitative estimate of drug-likeness (QED) is 0.821. The average molecular weight is 241 g/mol. The van der Waals surface area contributed by atoms with Gasteiger partial charge in [-0.05, 0) is 36.0 Å². The molecule has 5 atom stereocenters. The molecule has 1 aliphatic carbocycles. The Labute approximate surface area is 107 Å². The molecule has 2 nitrogen and oxygen atoms in total. The van der Waals surface area contributed by atoms with E-state index in [1.807, 2.05) is 0 Å². The van der Waals surface area contributed by atoms with Crippen LogP contribution in [0.25, 0.3) is 0 Å². The SMILES string of the molecule is COC(C(N)C1CCC(C)C(C)C1)C(C)(C)C. The molecule has 0 spiro atoms. The molecule has 0 aliphatic heterocycles. The summed E-state index contributed by atoms with van der Waals surface area (Å²) in [6.45, 7) is 11.4. The van der Waals surface area contributed by atoms with E-state index in [-0.39, 0.29) is 17.6 Å². The number of methoxy groups -OCH3 is 1. The van der Waals surface area contributed by atoms with E-state index >= 15 is 0 Å². The summed E-state index contributed by atoms with van der Waals surface area (Å²) in [5.74, 6) is 2.29. The molecule has 0 saturated heterocycles. The summed E-state index contributed by atoms with van der Waals surface area (Å²) in [5, 5.41) is 0. The van der Waals surface area contributed by atoms with Crippen LogP contribution < -0.4 is 5.73 Å². The number of ether oxygens (including phenoxy) is 1. The van der Waals surface area contributed by atoms with Crippen molar-refractivity contribution in [3.63, 3.8) is 0 Å². The van der Waals surface area contributed by atoms with Crippen molar-refractivity contribution >= 4 is 0 Å². The maximum atomic E-state index is 6.47. The van der Waals surface area contributed by atoms with Crippen LogP contribution in [0, 0.1) is 23.2 Å². The first kappa shape index (κ1) is 15.0. The van der Waals surface area contributed by atoms with Gasteiger partial charge in [0.2, 0.25) is 0 Å². The molecule has 2 N–H and O–H groups in total. The van der Waals surface area contributed by atoms with Gasteiger partial charge < -0.3 is 10.5 Å². The lowest BCUT2D eigenvalue weighted by molar-refractivity contribution is -0.0248. The maximum absolute atomic E-state index is 6.47. The van der Waals surface area contributed by atoms with Gasteiger partial charge >= 0.3 is 0 Å². The fraction of sp³-hybridized carbons (Fsp3) is 1.00. The first-order chi connectivity index (χ1) is 7.77. The van der Waals surface area contributed by atoms with E-state index in [0.717, 1.165) is 11.8 Å². The summed E-state index contributed by atoms with van der Waals surface area (Å²) in [6.07, 6.45) is 4.01. The van der Waals surface area contributed by atoms with Crippen molar-refractivity contribution in [1.29, 1.82) is 0 Å². The third-order valence-corrected chi connectivity index (χ3v) is 4.64. The van der Waals surface area contributed by atoms with Gasteiger partial charge in [0.15, 0.2) is 0 Å². The normalized spacial score (nSPS) is 34.4. The summed E-state index contributed by atoms with van der Waals surface area (Å²) in [6, 6.07) is 0.176. The highest BCUT2D eigenvalue weighted by Gasteiger charge is 2.37. The zero-order valence-corrected chi connectivity index (χ0v) is 12.5. The van der Waals surface area contributed by atoms with Crippen LogP contribution in [0.4, 0.5) is 0 Å². The second-order valence-corrected chi connectivity index (χ2v) is 7.13. The van der Waals surface area contributed by atoms with Crippen LogP contribution in [0.3, 0.4) is 0 Å². The molecule has 1 aliphatic rings. The first-order valence-corrected chi connectivity index (χ1v) is 7.05. The minimum atomic E-state index is 0.125. The van der Waals surface area contributed by atoms with Crippen molar-refractivity contribution in [2.24, 2.45) is 28.9 Å². The molecule has 0 aromatic rings. The Balaban J connectivity index is 2.66. The molecule has 2 heteroatoms. The van der Waals surface area contributed by atoms with Crippen molar-refractivity contribution in [3.05, 3.63) is 0 Å². The Kier molecular flexibility index (Phi) is 5.03. The van der Waals surface area contributed by atoms with E-state index in [2.05, 4.69) is 34.6 Å². The molecule has 1 fully saturated rings. The summed E-state index contributed by atoms with van der Waals surface area (Å²) in [7, 11) is 1.80. The van der Waals surface area contributed by atoms with Gasteiger partial charge in [-0.2, -0.15) is 0 Å². The van der Waals surface area contributed by atoms with Crippen LogP contribution in [-0.2, 0) is 4.74 Å². The zero-order chi connectivity index (χ0) is 13.2. The number of hydrogen-bond acceptors (Lipinski definition) is 2. The Morgan fingerprint density at radius 2 is 1.71 bits per heavy atom. The molecule has 102 valence electrons. The fourth-order valence-corrected chi connectivity index (χ4v) is 3.27. The average Bonchev–Trinajstić information content (AvgIpc) is 2.20. The molecule has 1 saturated carbocycles. The highest BCUT2D eigenvalue weighted by molar-refractivity contribution is 4.91. The van der Waals surface area contributed by atoms with Crippen LogP contribution in [0.2, 0.25) is 0 Å². The molecule has 0 heterocycles. The summed E-state index contributed by atoms with van der Waals surface area (Å²) in [4.78, 5) is 0. The minimum absolute atomic E-state index is 0.125. The van der Waals surface area contributed by atoms with Crippen LogP contribution in [0.5, 0.6) is 0 Å². The minimum Gasteiger partial charge on any atom is -0.379 e. The Hall–Kier alpha value is -0.0800. The monoisotopic (exact) mass is 241 g/mol. The Morgan fingerprint density at radius 3 is 2.12 bits per heavy atom. The fourth-order valence-electron chi connectivity index (χ4n) is 3.27. The Bertz CT molecular complexity index is 234. The van der Waals surface area contributed by atoms with Gasteiger partial charge in [0.1, 0.15) is 0 Å². The van der Waals surface area contributed by atoms with E-state index < -0.39 is 0 Å². The van der Waals surface area contributed by atoms with Crippen molar-refractivity contribution < 1.29 is 4.74 Å². The molecule has 5 unspecified atom stereocenters. The van der Waals surface area contributed by atoms with Gasteiger partial charge in [0.05, 0.1) is 6.10 Å². The topological polar surface area (TPSA) is 35.2 Å². The summed E-state index contributed by atoms with van der Waals surface area (Å²) >= 11 is 0. The molecule has 0 aromatic carbocycles. The van der Waals surface area contributed by atoms with Crippen molar-refractivity contribution in [2.45, 2.75) is 66.0 Å². The summed E-state index contributed by atoms with van der Waals surface area (Å²) < 4.78 is 5.67. The number of hydrogen-bond donors (Lipinski definition) is 1. The van der Waals surface area contributed by atoms with Crippen LogP contribution in [-0.4, -0.2) is 19.3 Å². The lowest BCUT2D eigenvalue weighted by Gasteiger charge is -2.42. The van der Waals surface area contributed by atoms with Crippen LogP contribution >= 0.6 is 0 Å². The van der Waals surface area contributed by atoms with Crippen LogP contribution in [0.15, 0.2) is 0 Å². The first-order valence-electron chi connectivity index (χ1n) is 7.05. The number of nitrogens with two attached hydrogens (primary N) is 1. The molecule has 0 aromatic heterocycles. The van der Waals surface area contributed by atoms with E-state index in [9.17, 15) is 0 Å². The third kappa shape index (κ3) is 3.69. The third-order valence-electron chi connectivity index (χ3n) is 4.64. The highest BCUT2D eigenvalue weighted by Crippen LogP contribution is 2.37. The second-order valence-electron chi connectivity index (χ2n) is 7.13. The second kappa shape index (κ2) is 5.71. The molecular formula is C15H31NO. The molecule has 1 rings (SSSR count). The van der Waals surface area contributed by atoms with Gasteiger partial charge in [-0.15, -0.1) is 0 Å². The predicted molar refractivity (Wildman–Crippen MR) is 73.9 cm³/mol. The van der Waals surface area contributed by atoms with E-state index in [4.69, 9.17) is 10.5 Å². The highest BCUT2D eigenvalue weighted by atomic mass is 16.5. The van der Waals surface area contributed by atoms with Gasteiger partial charge in [0, 0.05) is 13.2 Å². The van der Waals surface area contributed by atoms with Crippen molar-refractivity contribution in [1.82, 2.24) is 0 Å². The summed E-state index contributed by atoms with van der Waals surface area (Å²) in [5.41, 5.74) is 6.60. The van der Waals surface area contributed by atoms with E-state index in [0.29, 0.717) is 5.92 Å². The molecule has 0 bridgehead atoms. The largest absolute Gasteiger partial charge is 0.379 e. The Morgan fingerprint density at radius 1 is 1.12 bits per heavy atom. The lowest BCUT2D eigenvalue weighted by Crippen LogP contribution is -2.50. The van der Waals surface area contributed by atoms with Gasteiger partial charge in [-0.3, -0.25) is 0 Å². The number of rotatable bonds is 3. The maximum Gasteiger partial charge on any atom is 0.0772 e. The van der Waals surface area contributed by atoms with Gasteiger partial charge in [-0.1, -0.05) is 41.0 Å². The predicted octanol–water partition coefficient (Wildman–Crippen LogP) is 3.45. The van der Waals surface area contributed by atoms with Gasteiger partial charge in [-0.25, -0.2) is 0 Å². The standard InChI is InChI=1S/C15H31NO/c1-10-7-8-12(9-11(10)2)13(16)14(17-6)15(3,4)5/h10-14H,7-9,16H2,1-6H3. The molecule has 0 amide bonds. The van der Waals surface area contributed by atoms with E-state index in [1.54, 1.807) is 7.11 Å².